The molecule has 0 saturated carbocycles. The van der Waals surface area contributed by atoms with Crippen LogP contribution in [-0.4, -0.2) is 32.9 Å². The number of aryl methyl sites for hydroxylation is 1. The molecule has 3 aromatic rings. The average molecular weight is 286 g/mol. The molecule has 21 heavy (non-hydrogen) atoms. The highest BCUT2D eigenvalue weighted by Gasteiger charge is 2.20. The molecule has 1 N–H and O–H groups in total. The molecule has 108 valence electrons. The van der Waals surface area contributed by atoms with Gasteiger partial charge in [-0.05, 0) is 6.07 Å². The molecule has 3 aromatic heterocycles. The number of aromatic carboxylic acids is 1. The summed E-state index contributed by atoms with van der Waals surface area (Å²) in [5.41, 5.74) is 2.36. The number of pyridine rings is 1. The number of hydrogen-bond donors (Lipinski definition) is 1. The van der Waals surface area contributed by atoms with Crippen molar-refractivity contribution in [2.24, 2.45) is 7.05 Å². The van der Waals surface area contributed by atoms with Crippen molar-refractivity contribution in [3.63, 3.8) is 0 Å². The molecule has 7 heteroatoms. The standard InChI is InChI=1S/C14H14N4O3/c1-17(7-9-3-4-21-8-9)12-10-6-16-18(2)13(10)15-5-11(12)14(19)20/h3-6,8H,7H2,1-2H3,(H,19,20). The molecule has 7 nitrogen and oxygen atoms in total. The number of carboxylic acid groups (broad SMARTS) is 1. The van der Waals surface area contributed by atoms with E-state index in [1.807, 2.05) is 18.0 Å². The predicted octanol–water partition coefficient (Wildman–Crippen LogP) is 1.90. The molecule has 0 unspecified atom stereocenters. The quantitative estimate of drug-likeness (QED) is 0.788. The average Bonchev–Trinajstić information content (AvgIpc) is 3.08. The fourth-order valence-corrected chi connectivity index (χ4v) is 2.39. The Hall–Kier alpha value is -2.83. The molecule has 0 aliphatic rings. The highest BCUT2D eigenvalue weighted by molar-refractivity contribution is 6.03. The summed E-state index contributed by atoms with van der Waals surface area (Å²) in [5, 5.41) is 14.3. The Balaban J connectivity index is 2.13. The van der Waals surface area contributed by atoms with Gasteiger partial charge in [-0.1, -0.05) is 0 Å². The number of carboxylic acids is 1. The zero-order valence-electron chi connectivity index (χ0n) is 11.6. The second-order valence-corrected chi connectivity index (χ2v) is 4.82. The van der Waals surface area contributed by atoms with Crippen LogP contribution >= 0.6 is 0 Å². The van der Waals surface area contributed by atoms with Gasteiger partial charge in [0.25, 0.3) is 0 Å². The molecule has 0 radical (unpaired) electrons. The Morgan fingerprint density at radius 1 is 1.48 bits per heavy atom. The van der Waals surface area contributed by atoms with Crippen molar-refractivity contribution in [2.45, 2.75) is 6.54 Å². The van der Waals surface area contributed by atoms with Gasteiger partial charge in [0, 0.05) is 32.4 Å². The maximum atomic E-state index is 11.5. The van der Waals surface area contributed by atoms with E-state index >= 15 is 0 Å². The zero-order chi connectivity index (χ0) is 15.0. The largest absolute Gasteiger partial charge is 0.478 e. The molecule has 0 atom stereocenters. The van der Waals surface area contributed by atoms with Gasteiger partial charge in [-0.2, -0.15) is 5.10 Å². The minimum Gasteiger partial charge on any atom is -0.478 e. The zero-order valence-corrected chi connectivity index (χ0v) is 11.6. The van der Waals surface area contributed by atoms with E-state index in [2.05, 4.69) is 10.1 Å². The van der Waals surface area contributed by atoms with Crippen LogP contribution in [0.5, 0.6) is 0 Å². The number of nitrogens with zero attached hydrogens (tertiary/aromatic N) is 4. The van der Waals surface area contributed by atoms with Crippen molar-refractivity contribution in [1.29, 1.82) is 0 Å². The number of aromatic nitrogens is 3. The molecular formula is C14H14N4O3. The molecule has 0 aromatic carbocycles. The third kappa shape index (κ3) is 2.22. The number of fused-ring (bicyclic) bond motifs is 1. The van der Waals surface area contributed by atoms with Gasteiger partial charge in [0.05, 0.1) is 29.8 Å². The van der Waals surface area contributed by atoms with E-state index in [0.29, 0.717) is 23.3 Å². The minimum atomic E-state index is -1.01. The molecule has 3 rings (SSSR count). The summed E-state index contributed by atoms with van der Waals surface area (Å²) >= 11 is 0. The van der Waals surface area contributed by atoms with Gasteiger partial charge in [0.15, 0.2) is 5.65 Å². The maximum Gasteiger partial charge on any atom is 0.339 e. The fourth-order valence-electron chi connectivity index (χ4n) is 2.39. The molecule has 0 spiro atoms. The number of anilines is 1. The summed E-state index contributed by atoms with van der Waals surface area (Å²) in [6.07, 6.45) is 6.23. The Kier molecular flexibility index (Phi) is 3.09. The van der Waals surface area contributed by atoms with E-state index in [1.54, 1.807) is 30.5 Å². The maximum absolute atomic E-state index is 11.5. The third-order valence-electron chi connectivity index (χ3n) is 3.35. The number of furan rings is 1. The van der Waals surface area contributed by atoms with Gasteiger partial charge >= 0.3 is 5.97 Å². The van der Waals surface area contributed by atoms with Gasteiger partial charge in [-0.25, -0.2) is 9.78 Å². The monoisotopic (exact) mass is 286 g/mol. The lowest BCUT2D eigenvalue weighted by Crippen LogP contribution is -2.19. The molecule has 0 amide bonds. The summed E-state index contributed by atoms with van der Waals surface area (Å²) in [6.45, 7) is 0.533. The van der Waals surface area contributed by atoms with Crippen molar-refractivity contribution in [1.82, 2.24) is 14.8 Å². The van der Waals surface area contributed by atoms with Crippen LogP contribution in [-0.2, 0) is 13.6 Å². The lowest BCUT2D eigenvalue weighted by Gasteiger charge is -2.21. The number of hydrogen-bond acceptors (Lipinski definition) is 5. The Bertz CT molecular complexity index is 792. The highest BCUT2D eigenvalue weighted by Crippen LogP contribution is 2.29. The molecule has 0 bridgehead atoms. The van der Waals surface area contributed by atoms with Gasteiger partial charge < -0.3 is 14.4 Å². The van der Waals surface area contributed by atoms with Crippen LogP contribution in [0.2, 0.25) is 0 Å². The third-order valence-corrected chi connectivity index (χ3v) is 3.35. The van der Waals surface area contributed by atoms with Crippen molar-refractivity contribution in [3.05, 3.63) is 42.1 Å². The van der Waals surface area contributed by atoms with Gasteiger partial charge in [-0.3, -0.25) is 4.68 Å². The van der Waals surface area contributed by atoms with Crippen molar-refractivity contribution in [2.75, 3.05) is 11.9 Å². The molecular weight excluding hydrogens is 272 g/mol. The molecule has 0 fully saturated rings. The Morgan fingerprint density at radius 3 is 2.95 bits per heavy atom. The summed E-state index contributed by atoms with van der Waals surface area (Å²) < 4.78 is 6.67. The first kappa shape index (κ1) is 13.2. The van der Waals surface area contributed by atoms with E-state index in [9.17, 15) is 9.90 Å². The fraction of sp³-hybridized carbons (Fsp3) is 0.214. The van der Waals surface area contributed by atoms with Crippen LogP contribution in [0.4, 0.5) is 5.69 Å². The summed E-state index contributed by atoms with van der Waals surface area (Å²) in [4.78, 5) is 17.5. The van der Waals surface area contributed by atoms with Gasteiger partial charge in [0.1, 0.15) is 5.56 Å². The van der Waals surface area contributed by atoms with Crippen LogP contribution in [0.1, 0.15) is 15.9 Å². The smallest absolute Gasteiger partial charge is 0.339 e. The van der Waals surface area contributed by atoms with E-state index in [-0.39, 0.29) is 5.56 Å². The second-order valence-electron chi connectivity index (χ2n) is 4.82. The Morgan fingerprint density at radius 2 is 2.29 bits per heavy atom. The highest BCUT2D eigenvalue weighted by atomic mass is 16.4. The number of rotatable bonds is 4. The van der Waals surface area contributed by atoms with Crippen LogP contribution < -0.4 is 4.90 Å². The van der Waals surface area contributed by atoms with Crippen molar-refractivity contribution < 1.29 is 14.3 Å². The lowest BCUT2D eigenvalue weighted by molar-refractivity contribution is 0.0697. The van der Waals surface area contributed by atoms with Crippen LogP contribution in [0.15, 0.2) is 35.4 Å². The molecule has 0 aliphatic carbocycles. The van der Waals surface area contributed by atoms with Crippen molar-refractivity contribution >= 4 is 22.7 Å². The van der Waals surface area contributed by atoms with E-state index in [0.717, 1.165) is 5.56 Å². The van der Waals surface area contributed by atoms with Crippen LogP contribution in [0.3, 0.4) is 0 Å². The summed E-state index contributed by atoms with van der Waals surface area (Å²) in [5.74, 6) is -1.01. The van der Waals surface area contributed by atoms with Crippen LogP contribution in [0, 0.1) is 0 Å². The predicted molar refractivity (Wildman–Crippen MR) is 76.3 cm³/mol. The summed E-state index contributed by atoms with van der Waals surface area (Å²) in [7, 11) is 3.61. The van der Waals surface area contributed by atoms with E-state index in [4.69, 9.17) is 4.42 Å². The second kappa shape index (κ2) is 4.93. The first-order valence-corrected chi connectivity index (χ1v) is 6.34. The van der Waals surface area contributed by atoms with Crippen LogP contribution in [0.25, 0.3) is 11.0 Å². The van der Waals surface area contributed by atoms with Crippen molar-refractivity contribution in [3.8, 4) is 0 Å². The van der Waals surface area contributed by atoms with E-state index in [1.165, 1.54) is 6.20 Å². The number of carbonyl (C=O) groups is 1. The normalized spacial score (nSPS) is 11.0. The lowest BCUT2D eigenvalue weighted by atomic mass is 10.1. The Labute approximate surface area is 120 Å². The topological polar surface area (TPSA) is 84.4 Å². The molecule has 0 aliphatic heterocycles. The van der Waals surface area contributed by atoms with E-state index < -0.39 is 5.97 Å². The first-order chi connectivity index (χ1) is 10.1. The van der Waals surface area contributed by atoms with Gasteiger partial charge in [0.2, 0.25) is 0 Å². The SMILES string of the molecule is CN(Cc1ccoc1)c1c(C(=O)O)cnc2c1cnn2C. The van der Waals surface area contributed by atoms with Gasteiger partial charge in [-0.15, -0.1) is 0 Å². The summed E-state index contributed by atoms with van der Waals surface area (Å²) in [6, 6.07) is 1.85. The minimum absolute atomic E-state index is 0.154. The first-order valence-electron chi connectivity index (χ1n) is 6.34. The molecule has 3 heterocycles. The molecule has 0 saturated heterocycles.